The van der Waals surface area contributed by atoms with Crippen LogP contribution in [0, 0.1) is 0 Å². The van der Waals surface area contributed by atoms with Crippen LogP contribution in [-0.4, -0.2) is 13.1 Å². The van der Waals surface area contributed by atoms with Crippen LogP contribution in [0.5, 0.6) is 0 Å². The highest BCUT2D eigenvalue weighted by Gasteiger charge is 2.00. The lowest BCUT2D eigenvalue weighted by Gasteiger charge is -1.94. The maximum absolute atomic E-state index is 11.0. The van der Waals surface area contributed by atoms with Gasteiger partial charge >= 0.3 is 5.97 Å². The molecule has 0 fully saturated rings. The standard InChI is InChI=1S/C14H12O2S/c1-16-14(15)10-8-12-7-9-13(17-12)11-5-3-2-4-6-11/h2-10H,1H3. The van der Waals surface area contributed by atoms with Gasteiger partial charge in [-0.1, -0.05) is 30.3 Å². The van der Waals surface area contributed by atoms with Gasteiger partial charge in [0.25, 0.3) is 0 Å². The Morgan fingerprint density at radius 1 is 1.18 bits per heavy atom. The molecule has 0 bridgehead atoms. The Balaban J connectivity index is 2.17. The molecule has 0 aliphatic heterocycles. The van der Waals surface area contributed by atoms with Gasteiger partial charge in [0.15, 0.2) is 0 Å². The van der Waals surface area contributed by atoms with Crippen LogP contribution < -0.4 is 0 Å². The number of methoxy groups -OCH3 is 1. The zero-order valence-electron chi connectivity index (χ0n) is 9.42. The zero-order chi connectivity index (χ0) is 12.1. The molecule has 0 aliphatic carbocycles. The number of benzene rings is 1. The Hall–Kier alpha value is -1.87. The summed E-state index contributed by atoms with van der Waals surface area (Å²) >= 11 is 1.64. The van der Waals surface area contributed by atoms with Gasteiger partial charge in [-0.05, 0) is 23.8 Å². The lowest BCUT2D eigenvalue weighted by Crippen LogP contribution is -1.92. The van der Waals surface area contributed by atoms with Gasteiger partial charge in [-0.15, -0.1) is 11.3 Å². The minimum Gasteiger partial charge on any atom is -0.466 e. The Morgan fingerprint density at radius 3 is 2.65 bits per heavy atom. The molecular formula is C14H12O2S. The molecule has 86 valence electrons. The molecule has 0 amide bonds. The number of thiophene rings is 1. The fourth-order valence-electron chi connectivity index (χ4n) is 1.42. The van der Waals surface area contributed by atoms with Crippen LogP contribution in [0.1, 0.15) is 4.88 Å². The minimum absolute atomic E-state index is 0.334. The van der Waals surface area contributed by atoms with E-state index >= 15 is 0 Å². The molecule has 2 aromatic rings. The Kier molecular flexibility index (Phi) is 3.73. The first kappa shape index (κ1) is 11.6. The summed E-state index contributed by atoms with van der Waals surface area (Å²) in [6.07, 6.45) is 3.20. The van der Waals surface area contributed by atoms with Crippen LogP contribution in [0.3, 0.4) is 0 Å². The number of carbonyl (C=O) groups is 1. The van der Waals surface area contributed by atoms with Crippen LogP contribution in [0.15, 0.2) is 48.5 Å². The van der Waals surface area contributed by atoms with Crippen molar-refractivity contribution in [3.05, 3.63) is 53.4 Å². The molecule has 0 N–H and O–H groups in total. The second kappa shape index (κ2) is 5.46. The van der Waals surface area contributed by atoms with Crippen LogP contribution in [0.4, 0.5) is 0 Å². The van der Waals surface area contributed by atoms with Gasteiger partial charge in [-0.3, -0.25) is 0 Å². The SMILES string of the molecule is COC(=O)C=Cc1ccc(-c2ccccc2)s1. The number of esters is 1. The highest BCUT2D eigenvalue weighted by atomic mass is 32.1. The topological polar surface area (TPSA) is 26.3 Å². The van der Waals surface area contributed by atoms with Crippen LogP contribution in [-0.2, 0) is 9.53 Å². The van der Waals surface area contributed by atoms with Gasteiger partial charge < -0.3 is 4.74 Å². The summed E-state index contributed by atoms with van der Waals surface area (Å²) in [6.45, 7) is 0. The average Bonchev–Trinajstić information content (AvgIpc) is 2.86. The van der Waals surface area contributed by atoms with Crippen LogP contribution >= 0.6 is 11.3 Å². The number of carbonyl (C=O) groups excluding carboxylic acids is 1. The average molecular weight is 244 g/mol. The summed E-state index contributed by atoms with van der Waals surface area (Å²) < 4.78 is 4.54. The first-order valence-corrected chi connectivity index (χ1v) is 6.02. The van der Waals surface area contributed by atoms with Crippen molar-refractivity contribution < 1.29 is 9.53 Å². The fourth-order valence-corrected chi connectivity index (χ4v) is 2.33. The van der Waals surface area contributed by atoms with Gasteiger partial charge in [-0.25, -0.2) is 4.79 Å². The molecule has 1 aromatic heterocycles. The van der Waals surface area contributed by atoms with E-state index in [1.54, 1.807) is 17.4 Å². The van der Waals surface area contributed by atoms with E-state index in [0.29, 0.717) is 0 Å². The molecule has 2 rings (SSSR count). The summed E-state index contributed by atoms with van der Waals surface area (Å²) in [6, 6.07) is 14.2. The molecule has 0 aliphatic rings. The van der Waals surface area contributed by atoms with E-state index < -0.39 is 0 Å². The molecule has 17 heavy (non-hydrogen) atoms. The van der Waals surface area contributed by atoms with Gasteiger partial charge in [0, 0.05) is 15.8 Å². The number of ether oxygens (including phenoxy) is 1. The Morgan fingerprint density at radius 2 is 1.94 bits per heavy atom. The first-order valence-electron chi connectivity index (χ1n) is 5.21. The van der Waals surface area contributed by atoms with Crippen molar-refractivity contribution in [1.29, 1.82) is 0 Å². The third-order valence-corrected chi connectivity index (χ3v) is 3.37. The van der Waals surface area contributed by atoms with E-state index in [0.717, 1.165) is 4.88 Å². The fraction of sp³-hybridized carbons (Fsp3) is 0.0714. The monoisotopic (exact) mass is 244 g/mol. The summed E-state index contributed by atoms with van der Waals surface area (Å²) in [4.78, 5) is 13.2. The summed E-state index contributed by atoms with van der Waals surface area (Å²) in [5, 5.41) is 0. The van der Waals surface area contributed by atoms with E-state index in [1.165, 1.54) is 23.6 Å². The summed E-state index contributed by atoms with van der Waals surface area (Å²) in [7, 11) is 1.37. The molecule has 1 aromatic carbocycles. The van der Waals surface area contributed by atoms with E-state index in [4.69, 9.17) is 0 Å². The molecule has 2 nitrogen and oxygen atoms in total. The lowest BCUT2D eigenvalue weighted by molar-refractivity contribution is -0.134. The van der Waals surface area contributed by atoms with Crippen LogP contribution in [0.25, 0.3) is 16.5 Å². The third kappa shape index (κ3) is 3.04. The van der Waals surface area contributed by atoms with Gasteiger partial charge in [-0.2, -0.15) is 0 Å². The predicted octanol–water partition coefficient (Wildman–Crippen LogP) is 3.60. The molecule has 0 saturated carbocycles. The van der Waals surface area contributed by atoms with Crippen molar-refractivity contribution >= 4 is 23.4 Å². The smallest absolute Gasteiger partial charge is 0.330 e. The minimum atomic E-state index is -0.334. The second-order valence-electron chi connectivity index (χ2n) is 3.42. The third-order valence-electron chi connectivity index (χ3n) is 2.27. The first-order chi connectivity index (χ1) is 8.29. The molecule has 0 saturated heterocycles. The normalized spacial score (nSPS) is 10.6. The Bertz CT molecular complexity index is 526. The molecular weight excluding hydrogens is 232 g/mol. The molecule has 0 spiro atoms. The van der Waals surface area contributed by atoms with E-state index in [9.17, 15) is 4.79 Å². The number of hydrogen-bond donors (Lipinski definition) is 0. The molecule has 3 heteroatoms. The van der Waals surface area contributed by atoms with Crippen molar-refractivity contribution in [1.82, 2.24) is 0 Å². The highest BCUT2D eigenvalue weighted by molar-refractivity contribution is 7.16. The van der Waals surface area contributed by atoms with Gasteiger partial charge in [0.1, 0.15) is 0 Å². The lowest BCUT2D eigenvalue weighted by atomic mass is 10.2. The van der Waals surface area contributed by atoms with Crippen LogP contribution in [0.2, 0.25) is 0 Å². The van der Waals surface area contributed by atoms with Crippen molar-refractivity contribution in [2.24, 2.45) is 0 Å². The second-order valence-corrected chi connectivity index (χ2v) is 4.54. The van der Waals surface area contributed by atoms with Crippen molar-refractivity contribution in [2.75, 3.05) is 7.11 Å². The van der Waals surface area contributed by atoms with Crippen molar-refractivity contribution in [3.63, 3.8) is 0 Å². The molecule has 0 atom stereocenters. The van der Waals surface area contributed by atoms with Crippen molar-refractivity contribution in [2.45, 2.75) is 0 Å². The highest BCUT2D eigenvalue weighted by Crippen LogP contribution is 2.28. The predicted molar refractivity (Wildman–Crippen MR) is 70.8 cm³/mol. The molecule has 0 radical (unpaired) electrons. The molecule has 0 unspecified atom stereocenters. The quantitative estimate of drug-likeness (QED) is 0.609. The maximum atomic E-state index is 11.0. The Labute approximate surface area is 104 Å². The maximum Gasteiger partial charge on any atom is 0.330 e. The number of rotatable bonds is 3. The van der Waals surface area contributed by atoms with Gasteiger partial charge in [0.2, 0.25) is 0 Å². The van der Waals surface area contributed by atoms with Gasteiger partial charge in [0.05, 0.1) is 7.11 Å². The molecule has 1 heterocycles. The largest absolute Gasteiger partial charge is 0.466 e. The van der Waals surface area contributed by atoms with E-state index in [2.05, 4.69) is 22.9 Å². The summed E-state index contributed by atoms with van der Waals surface area (Å²) in [5.74, 6) is -0.334. The van der Waals surface area contributed by atoms with E-state index in [-0.39, 0.29) is 5.97 Å². The summed E-state index contributed by atoms with van der Waals surface area (Å²) in [5.41, 5.74) is 1.19. The van der Waals surface area contributed by atoms with E-state index in [1.807, 2.05) is 24.3 Å². The zero-order valence-corrected chi connectivity index (χ0v) is 10.2. The number of hydrogen-bond acceptors (Lipinski definition) is 3. The van der Waals surface area contributed by atoms with Crippen molar-refractivity contribution in [3.8, 4) is 10.4 Å².